The molecule has 0 aliphatic rings. The van der Waals surface area contributed by atoms with Crippen molar-refractivity contribution in [2.24, 2.45) is 5.73 Å². The molecule has 5 nitrogen and oxygen atoms in total. The van der Waals surface area contributed by atoms with Crippen molar-refractivity contribution in [2.75, 3.05) is 25.6 Å². The van der Waals surface area contributed by atoms with Crippen LogP contribution < -0.4 is 10.6 Å². The summed E-state index contributed by atoms with van der Waals surface area (Å²) in [4.78, 5) is 24.7. The molecule has 0 unspecified atom stereocenters. The summed E-state index contributed by atoms with van der Waals surface area (Å²) in [7, 11) is 3.00. The number of methoxy groups -OCH3 is 1. The summed E-state index contributed by atoms with van der Waals surface area (Å²) in [6.45, 7) is 0.488. The molecular weight excluding hydrogens is 232 g/mol. The van der Waals surface area contributed by atoms with E-state index in [-0.39, 0.29) is 5.91 Å². The highest BCUT2D eigenvalue weighted by molar-refractivity contribution is 5.95. The molecule has 0 heterocycles. The first-order valence-corrected chi connectivity index (χ1v) is 5.75. The van der Waals surface area contributed by atoms with Crippen LogP contribution in [0.3, 0.4) is 0 Å². The van der Waals surface area contributed by atoms with Crippen LogP contribution in [0.4, 0.5) is 5.69 Å². The lowest BCUT2D eigenvalue weighted by atomic mass is 10.2. The Morgan fingerprint density at radius 3 is 2.72 bits per heavy atom. The smallest absolute Gasteiger partial charge is 0.337 e. The van der Waals surface area contributed by atoms with E-state index >= 15 is 0 Å². The van der Waals surface area contributed by atoms with Crippen molar-refractivity contribution in [1.29, 1.82) is 0 Å². The molecule has 0 aliphatic carbocycles. The maximum atomic E-state index is 11.8. The fourth-order valence-corrected chi connectivity index (χ4v) is 1.52. The number of carbonyl (C=O) groups excluding carboxylic acids is 2. The van der Waals surface area contributed by atoms with Crippen molar-refractivity contribution in [1.82, 2.24) is 0 Å². The number of esters is 1. The van der Waals surface area contributed by atoms with Gasteiger partial charge in [0, 0.05) is 19.2 Å². The summed E-state index contributed by atoms with van der Waals surface area (Å²) < 4.78 is 4.64. The Balaban J connectivity index is 2.82. The Kier molecular flexibility index (Phi) is 5.32. The van der Waals surface area contributed by atoms with Crippen LogP contribution in [0.25, 0.3) is 0 Å². The molecule has 0 aliphatic heterocycles. The highest BCUT2D eigenvalue weighted by Gasteiger charge is 2.12. The van der Waals surface area contributed by atoms with Crippen LogP contribution in [-0.4, -0.2) is 32.6 Å². The van der Waals surface area contributed by atoms with Crippen LogP contribution >= 0.6 is 0 Å². The fourth-order valence-electron chi connectivity index (χ4n) is 1.52. The van der Waals surface area contributed by atoms with Crippen LogP contribution in [0.2, 0.25) is 0 Å². The number of hydrogen-bond acceptors (Lipinski definition) is 4. The van der Waals surface area contributed by atoms with E-state index in [1.165, 1.54) is 12.0 Å². The van der Waals surface area contributed by atoms with Gasteiger partial charge in [0.25, 0.3) is 0 Å². The molecular formula is C13H18N2O3. The Morgan fingerprint density at radius 1 is 1.39 bits per heavy atom. The van der Waals surface area contributed by atoms with Gasteiger partial charge in [0.2, 0.25) is 5.91 Å². The van der Waals surface area contributed by atoms with Gasteiger partial charge in [-0.2, -0.15) is 0 Å². The Labute approximate surface area is 107 Å². The topological polar surface area (TPSA) is 72.6 Å². The van der Waals surface area contributed by atoms with E-state index in [0.29, 0.717) is 30.6 Å². The number of anilines is 1. The van der Waals surface area contributed by atoms with Crippen LogP contribution in [-0.2, 0) is 9.53 Å². The second-order valence-corrected chi connectivity index (χ2v) is 3.89. The number of amides is 1. The first-order valence-electron chi connectivity index (χ1n) is 5.75. The summed E-state index contributed by atoms with van der Waals surface area (Å²) in [5, 5.41) is 0. The molecule has 2 N–H and O–H groups in total. The van der Waals surface area contributed by atoms with Gasteiger partial charge in [-0.05, 0) is 31.2 Å². The monoisotopic (exact) mass is 250 g/mol. The molecule has 1 rings (SSSR count). The zero-order valence-electron chi connectivity index (χ0n) is 10.7. The Morgan fingerprint density at radius 2 is 2.11 bits per heavy atom. The molecule has 0 radical (unpaired) electrons. The summed E-state index contributed by atoms with van der Waals surface area (Å²) in [5.41, 5.74) is 6.46. The minimum atomic E-state index is -0.417. The zero-order chi connectivity index (χ0) is 13.5. The molecule has 1 aromatic carbocycles. The highest BCUT2D eigenvalue weighted by Crippen LogP contribution is 2.16. The molecule has 0 saturated heterocycles. The second kappa shape index (κ2) is 6.76. The van der Waals surface area contributed by atoms with Crippen LogP contribution in [0.1, 0.15) is 23.2 Å². The Hall–Kier alpha value is -1.88. The van der Waals surface area contributed by atoms with Crippen molar-refractivity contribution in [3.8, 4) is 0 Å². The van der Waals surface area contributed by atoms with Gasteiger partial charge in [-0.1, -0.05) is 6.07 Å². The second-order valence-electron chi connectivity index (χ2n) is 3.89. The van der Waals surface area contributed by atoms with E-state index in [1.54, 1.807) is 31.3 Å². The van der Waals surface area contributed by atoms with E-state index in [2.05, 4.69) is 4.74 Å². The van der Waals surface area contributed by atoms with Crippen molar-refractivity contribution >= 4 is 17.6 Å². The number of ether oxygens (including phenoxy) is 1. The van der Waals surface area contributed by atoms with E-state index in [4.69, 9.17) is 5.73 Å². The first kappa shape index (κ1) is 14.2. The van der Waals surface area contributed by atoms with Crippen LogP contribution in [0, 0.1) is 0 Å². The largest absolute Gasteiger partial charge is 0.465 e. The van der Waals surface area contributed by atoms with Gasteiger partial charge in [0.1, 0.15) is 0 Å². The average Bonchev–Trinajstić information content (AvgIpc) is 2.43. The maximum absolute atomic E-state index is 11.8. The molecule has 0 fully saturated rings. The van der Waals surface area contributed by atoms with Gasteiger partial charge in [-0.25, -0.2) is 4.79 Å². The first-order chi connectivity index (χ1) is 8.60. The highest BCUT2D eigenvalue weighted by atomic mass is 16.5. The van der Waals surface area contributed by atoms with Crippen molar-refractivity contribution in [2.45, 2.75) is 12.8 Å². The number of benzene rings is 1. The third kappa shape index (κ3) is 3.56. The number of rotatable bonds is 5. The zero-order valence-corrected chi connectivity index (χ0v) is 10.7. The summed E-state index contributed by atoms with van der Waals surface area (Å²) in [6.07, 6.45) is 1.05. The molecule has 0 aromatic heterocycles. The predicted molar refractivity (Wildman–Crippen MR) is 69.5 cm³/mol. The summed E-state index contributed by atoms with van der Waals surface area (Å²) in [5.74, 6) is -0.442. The number of carbonyl (C=O) groups is 2. The number of hydrogen-bond donors (Lipinski definition) is 1. The average molecular weight is 250 g/mol. The SMILES string of the molecule is COC(=O)c1cccc(N(C)C(=O)CCCN)c1. The van der Waals surface area contributed by atoms with Crippen molar-refractivity contribution in [3.63, 3.8) is 0 Å². The third-order valence-electron chi connectivity index (χ3n) is 2.62. The van der Waals surface area contributed by atoms with Gasteiger partial charge in [-0.3, -0.25) is 4.79 Å². The van der Waals surface area contributed by atoms with E-state index in [9.17, 15) is 9.59 Å². The minimum absolute atomic E-state index is 0.0255. The van der Waals surface area contributed by atoms with Gasteiger partial charge < -0.3 is 15.4 Å². The third-order valence-corrected chi connectivity index (χ3v) is 2.62. The molecule has 18 heavy (non-hydrogen) atoms. The van der Waals surface area contributed by atoms with Gasteiger partial charge >= 0.3 is 5.97 Å². The lowest BCUT2D eigenvalue weighted by Gasteiger charge is -2.17. The summed E-state index contributed by atoms with van der Waals surface area (Å²) in [6, 6.07) is 6.76. The normalized spacial score (nSPS) is 9.94. The Bertz CT molecular complexity index is 432. The van der Waals surface area contributed by atoms with Gasteiger partial charge in [0.05, 0.1) is 12.7 Å². The lowest BCUT2D eigenvalue weighted by Crippen LogP contribution is -2.26. The molecule has 5 heteroatoms. The minimum Gasteiger partial charge on any atom is -0.465 e. The standard InChI is InChI=1S/C13H18N2O3/c1-15(12(16)7-4-8-14)11-6-3-5-10(9-11)13(17)18-2/h3,5-6,9H,4,7-8,14H2,1-2H3. The number of nitrogens with two attached hydrogens (primary N) is 1. The van der Waals surface area contributed by atoms with E-state index < -0.39 is 5.97 Å². The molecule has 1 aromatic rings. The molecule has 0 bridgehead atoms. The quantitative estimate of drug-likeness (QED) is 0.796. The molecule has 0 saturated carbocycles. The number of nitrogens with zero attached hydrogens (tertiary/aromatic N) is 1. The van der Waals surface area contributed by atoms with Crippen molar-refractivity contribution in [3.05, 3.63) is 29.8 Å². The van der Waals surface area contributed by atoms with Crippen LogP contribution in [0.15, 0.2) is 24.3 Å². The predicted octanol–water partition coefficient (Wildman–Crippen LogP) is 1.17. The molecule has 98 valence electrons. The van der Waals surface area contributed by atoms with Crippen molar-refractivity contribution < 1.29 is 14.3 Å². The van der Waals surface area contributed by atoms with Gasteiger partial charge in [-0.15, -0.1) is 0 Å². The van der Waals surface area contributed by atoms with Crippen LogP contribution in [0.5, 0.6) is 0 Å². The fraction of sp³-hybridized carbons (Fsp3) is 0.385. The molecule has 0 spiro atoms. The molecule has 0 atom stereocenters. The molecule has 1 amide bonds. The lowest BCUT2D eigenvalue weighted by molar-refractivity contribution is -0.118. The summed E-state index contributed by atoms with van der Waals surface area (Å²) >= 11 is 0. The van der Waals surface area contributed by atoms with E-state index in [0.717, 1.165) is 0 Å². The van der Waals surface area contributed by atoms with E-state index in [1.807, 2.05) is 0 Å². The maximum Gasteiger partial charge on any atom is 0.337 e. The van der Waals surface area contributed by atoms with Gasteiger partial charge in [0.15, 0.2) is 0 Å².